The summed E-state index contributed by atoms with van der Waals surface area (Å²) in [6, 6.07) is 3.57. The zero-order valence-corrected chi connectivity index (χ0v) is 14.4. The van der Waals surface area contributed by atoms with E-state index in [-0.39, 0.29) is 19.0 Å². The standard InChI is InChI=1S/C18H22F2N4O2/c19-15-3-2-14(10-16(15)20)11-24-7-1-4-18(26,17(24)25)12-21-5-8-23-9-6-22-13-23/h2-3,6,9-10,13,21,26H,1,4-5,7-8,11-12H2. The third kappa shape index (κ3) is 4.25. The lowest BCUT2D eigenvalue weighted by Gasteiger charge is -2.38. The first-order valence-corrected chi connectivity index (χ1v) is 8.60. The van der Waals surface area contributed by atoms with Gasteiger partial charge in [-0.15, -0.1) is 0 Å². The van der Waals surface area contributed by atoms with Gasteiger partial charge in [0.05, 0.1) is 6.33 Å². The number of nitrogens with zero attached hydrogens (tertiary/aromatic N) is 3. The Labute approximate surface area is 150 Å². The van der Waals surface area contributed by atoms with Crippen LogP contribution in [-0.4, -0.2) is 50.7 Å². The van der Waals surface area contributed by atoms with Crippen molar-refractivity contribution in [1.29, 1.82) is 0 Å². The summed E-state index contributed by atoms with van der Waals surface area (Å²) in [5.74, 6) is -2.25. The van der Waals surface area contributed by atoms with Gasteiger partial charge < -0.3 is 19.9 Å². The van der Waals surface area contributed by atoms with Crippen LogP contribution >= 0.6 is 0 Å². The average Bonchev–Trinajstić information content (AvgIpc) is 3.13. The van der Waals surface area contributed by atoms with Gasteiger partial charge in [0.25, 0.3) is 5.91 Å². The number of aliphatic hydroxyl groups is 1. The van der Waals surface area contributed by atoms with Crippen LogP contribution in [0.1, 0.15) is 18.4 Å². The Kier molecular flexibility index (Phi) is 5.63. The number of benzene rings is 1. The number of carbonyl (C=O) groups excluding carboxylic acids is 1. The van der Waals surface area contributed by atoms with Gasteiger partial charge in [0.2, 0.25) is 0 Å². The number of hydrogen-bond donors (Lipinski definition) is 2. The second-order valence-electron chi connectivity index (χ2n) is 6.59. The van der Waals surface area contributed by atoms with Crippen molar-refractivity contribution in [2.45, 2.75) is 31.5 Å². The summed E-state index contributed by atoms with van der Waals surface area (Å²) in [7, 11) is 0. The SMILES string of the molecule is O=C1N(Cc2ccc(F)c(F)c2)CCCC1(O)CNCCn1ccnc1. The molecule has 0 saturated carbocycles. The lowest BCUT2D eigenvalue weighted by Crippen LogP contribution is -2.57. The molecule has 26 heavy (non-hydrogen) atoms. The van der Waals surface area contributed by atoms with E-state index in [2.05, 4.69) is 10.3 Å². The highest BCUT2D eigenvalue weighted by molar-refractivity contribution is 5.86. The number of imidazole rings is 1. The lowest BCUT2D eigenvalue weighted by molar-refractivity contribution is -0.157. The average molecular weight is 364 g/mol. The molecule has 1 aromatic carbocycles. The normalized spacial score (nSPS) is 20.6. The second kappa shape index (κ2) is 7.92. The van der Waals surface area contributed by atoms with Gasteiger partial charge in [-0.3, -0.25) is 4.79 Å². The van der Waals surface area contributed by atoms with Crippen LogP contribution in [0.4, 0.5) is 8.78 Å². The van der Waals surface area contributed by atoms with E-state index in [0.29, 0.717) is 38.0 Å². The van der Waals surface area contributed by atoms with Crippen LogP contribution in [0.15, 0.2) is 36.9 Å². The monoisotopic (exact) mass is 364 g/mol. The maximum absolute atomic E-state index is 13.4. The summed E-state index contributed by atoms with van der Waals surface area (Å²) in [6.45, 7) is 2.05. The van der Waals surface area contributed by atoms with Crippen molar-refractivity contribution in [3.8, 4) is 0 Å². The van der Waals surface area contributed by atoms with E-state index in [1.165, 1.54) is 11.0 Å². The van der Waals surface area contributed by atoms with Crippen LogP contribution in [0.25, 0.3) is 0 Å². The van der Waals surface area contributed by atoms with Crippen molar-refractivity contribution in [1.82, 2.24) is 19.8 Å². The molecule has 2 N–H and O–H groups in total. The summed E-state index contributed by atoms with van der Waals surface area (Å²) in [5.41, 5.74) is -0.985. The quantitative estimate of drug-likeness (QED) is 0.727. The minimum atomic E-state index is -1.48. The van der Waals surface area contributed by atoms with Gasteiger partial charge in [-0.1, -0.05) is 6.07 Å². The molecule has 6 nitrogen and oxygen atoms in total. The Morgan fingerprint density at radius 3 is 2.88 bits per heavy atom. The molecule has 1 fully saturated rings. The van der Waals surface area contributed by atoms with Gasteiger partial charge in [-0.05, 0) is 30.5 Å². The molecule has 1 amide bonds. The summed E-state index contributed by atoms with van der Waals surface area (Å²) in [6.07, 6.45) is 6.25. The summed E-state index contributed by atoms with van der Waals surface area (Å²) >= 11 is 0. The minimum Gasteiger partial charge on any atom is -0.379 e. The van der Waals surface area contributed by atoms with Crippen LogP contribution in [-0.2, 0) is 17.9 Å². The number of aromatic nitrogens is 2. The minimum absolute atomic E-state index is 0.146. The largest absolute Gasteiger partial charge is 0.379 e. The molecule has 8 heteroatoms. The fraction of sp³-hybridized carbons (Fsp3) is 0.444. The van der Waals surface area contributed by atoms with Crippen LogP contribution in [0.2, 0.25) is 0 Å². The van der Waals surface area contributed by atoms with E-state index in [4.69, 9.17) is 0 Å². The number of amides is 1. The van der Waals surface area contributed by atoms with Crippen molar-refractivity contribution in [2.75, 3.05) is 19.6 Å². The number of hydrogen-bond acceptors (Lipinski definition) is 4. The first kappa shape index (κ1) is 18.5. The summed E-state index contributed by atoms with van der Waals surface area (Å²) in [4.78, 5) is 18.1. The van der Waals surface area contributed by atoms with Gasteiger partial charge >= 0.3 is 0 Å². The molecule has 0 bridgehead atoms. The van der Waals surface area contributed by atoms with Gasteiger partial charge in [0, 0.05) is 45.1 Å². The van der Waals surface area contributed by atoms with Crippen LogP contribution < -0.4 is 5.32 Å². The third-order valence-corrected chi connectivity index (χ3v) is 4.58. The highest BCUT2D eigenvalue weighted by Crippen LogP contribution is 2.24. The lowest BCUT2D eigenvalue weighted by atomic mass is 9.91. The van der Waals surface area contributed by atoms with Crippen LogP contribution in [0.5, 0.6) is 0 Å². The van der Waals surface area contributed by atoms with Crippen molar-refractivity contribution >= 4 is 5.91 Å². The Hall–Kier alpha value is -2.32. The van der Waals surface area contributed by atoms with E-state index >= 15 is 0 Å². The third-order valence-electron chi connectivity index (χ3n) is 4.58. The fourth-order valence-corrected chi connectivity index (χ4v) is 3.16. The Balaban J connectivity index is 1.56. The molecule has 1 aromatic heterocycles. The topological polar surface area (TPSA) is 70.4 Å². The fourth-order valence-electron chi connectivity index (χ4n) is 3.16. The van der Waals surface area contributed by atoms with E-state index in [1.54, 1.807) is 12.5 Å². The first-order chi connectivity index (χ1) is 12.5. The summed E-state index contributed by atoms with van der Waals surface area (Å²) < 4.78 is 28.3. The van der Waals surface area contributed by atoms with E-state index in [9.17, 15) is 18.7 Å². The Bertz CT molecular complexity index is 754. The summed E-state index contributed by atoms with van der Waals surface area (Å²) in [5, 5.41) is 13.8. The molecule has 1 unspecified atom stereocenters. The number of halogens is 2. The zero-order chi connectivity index (χ0) is 18.6. The molecule has 0 aliphatic carbocycles. The van der Waals surface area contributed by atoms with Crippen molar-refractivity contribution in [3.63, 3.8) is 0 Å². The van der Waals surface area contributed by atoms with E-state index in [1.807, 2.05) is 10.8 Å². The van der Waals surface area contributed by atoms with E-state index < -0.39 is 17.2 Å². The molecule has 0 radical (unpaired) electrons. The second-order valence-corrected chi connectivity index (χ2v) is 6.59. The number of carbonyl (C=O) groups is 1. The molecule has 1 atom stereocenters. The molecule has 0 spiro atoms. The molecule has 1 aliphatic heterocycles. The maximum Gasteiger partial charge on any atom is 0.256 e. The van der Waals surface area contributed by atoms with Gasteiger partial charge in [0.1, 0.15) is 0 Å². The molecule has 1 saturated heterocycles. The number of piperidine rings is 1. The molecule has 3 rings (SSSR count). The van der Waals surface area contributed by atoms with Gasteiger partial charge in [0.15, 0.2) is 17.2 Å². The van der Waals surface area contributed by atoms with Crippen molar-refractivity contribution in [2.24, 2.45) is 0 Å². The van der Waals surface area contributed by atoms with Crippen molar-refractivity contribution < 1.29 is 18.7 Å². The van der Waals surface area contributed by atoms with Gasteiger partial charge in [-0.2, -0.15) is 0 Å². The maximum atomic E-state index is 13.4. The molecule has 2 aromatic rings. The van der Waals surface area contributed by atoms with E-state index in [0.717, 1.165) is 12.1 Å². The highest BCUT2D eigenvalue weighted by Gasteiger charge is 2.41. The van der Waals surface area contributed by atoms with Crippen LogP contribution in [0.3, 0.4) is 0 Å². The Morgan fingerprint density at radius 2 is 2.15 bits per heavy atom. The molecular formula is C18H22F2N4O2. The number of rotatable bonds is 7. The molecular weight excluding hydrogens is 342 g/mol. The number of nitrogens with one attached hydrogen (secondary N) is 1. The molecule has 140 valence electrons. The first-order valence-electron chi connectivity index (χ1n) is 8.60. The highest BCUT2D eigenvalue weighted by atomic mass is 19.2. The zero-order valence-electron chi connectivity index (χ0n) is 14.4. The predicted molar refractivity (Wildman–Crippen MR) is 91.1 cm³/mol. The smallest absolute Gasteiger partial charge is 0.256 e. The predicted octanol–water partition coefficient (Wildman–Crippen LogP) is 1.30. The molecule has 2 heterocycles. The van der Waals surface area contributed by atoms with Crippen LogP contribution in [0, 0.1) is 11.6 Å². The van der Waals surface area contributed by atoms with Crippen molar-refractivity contribution in [3.05, 3.63) is 54.1 Å². The van der Waals surface area contributed by atoms with Gasteiger partial charge in [-0.25, -0.2) is 13.8 Å². The Morgan fingerprint density at radius 1 is 1.31 bits per heavy atom. The number of likely N-dealkylation sites (tertiary alicyclic amines) is 1. The molecule has 1 aliphatic rings.